The Morgan fingerprint density at radius 2 is 1.62 bits per heavy atom. The van der Waals surface area contributed by atoms with E-state index in [0.717, 1.165) is 33.7 Å². The quantitative estimate of drug-likeness (QED) is 0.334. The fourth-order valence-electron chi connectivity index (χ4n) is 4.22. The summed E-state index contributed by atoms with van der Waals surface area (Å²) in [4.78, 5) is 29.2. The standard InChI is InChI=1S/C30H36ClN3O4S/c1-5-23(3)32-30(36)28(19-24-12-7-6-8-13-24)33(20-25-14-10-15-26(31)18-25)29(35)21-34(39(4,37)38)27-16-9-11-22(2)17-27/h6-18,23,28H,5,19-21H2,1-4H3,(H,32,36)/t23-,28-/m0/s1. The van der Waals surface area contributed by atoms with Crippen LogP contribution in [0.4, 0.5) is 5.69 Å². The molecule has 0 spiro atoms. The van der Waals surface area contributed by atoms with Crippen LogP contribution in [0.2, 0.25) is 5.02 Å². The summed E-state index contributed by atoms with van der Waals surface area (Å²) < 4.78 is 26.8. The largest absolute Gasteiger partial charge is 0.352 e. The molecule has 0 bridgehead atoms. The zero-order valence-electron chi connectivity index (χ0n) is 22.8. The first-order chi connectivity index (χ1) is 18.5. The summed E-state index contributed by atoms with van der Waals surface area (Å²) in [6, 6.07) is 22.5. The number of nitrogens with zero attached hydrogens (tertiary/aromatic N) is 2. The summed E-state index contributed by atoms with van der Waals surface area (Å²) >= 11 is 6.24. The number of nitrogens with one attached hydrogen (secondary N) is 1. The topological polar surface area (TPSA) is 86.8 Å². The second-order valence-electron chi connectivity index (χ2n) is 9.78. The smallest absolute Gasteiger partial charge is 0.244 e. The lowest BCUT2D eigenvalue weighted by Gasteiger charge is -2.34. The van der Waals surface area contributed by atoms with Crippen molar-refractivity contribution in [2.24, 2.45) is 0 Å². The molecular weight excluding hydrogens is 534 g/mol. The van der Waals surface area contributed by atoms with Gasteiger partial charge >= 0.3 is 0 Å². The van der Waals surface area contributed by atoms with E-state index in [4.69, 9.17) is 11.6 Å². The first kappa shape index (κ1) is 30.2. The maximum atomic E-state index is 14.0. The van der Waals surface area contributed by atoms with E-state index >= 15 is 0 Å². The summed E-state index contributed by atoms with van der Waals surface area (Å²) in [6.45, 7) is 5.36. The highest BCUT2D eigenvalue weighted by Crippen LogP contribution is 2.22. The number of sulfonamides is 1. The van der Waals surface area contributed by atoms with Crippen molar-refractivity contribution in [1.82, 2.24) is 10.2 Å². The van der Waals surface area contributed by atoms with E-state index in [2.05, 4.69) is 5.32 Å². The molecule has 3 aromatic rings. The van der Waals surface area contributed by atoms with Crippen molar-refractivity contribution < 1.29 is 18.0 Å². The lowest BCUT2D eigenvalue weighted by atomic mass is 10.0. The molecule has 0 aliphatic rings. The maximum Gasteiger partial charge on any atom is 0.244 e. The van der Waals surface area contributed by atoms with E-state index in [-0.39, 0.29) is 24.9 Å². The Labute approximate surface area is 236 Å². The Balaban J connectivity index is 2.06. The lowest BCUT2D eigenvalue weighted by Crippen LogP contribution is -2.54. The second-order valence-corrected chi connectivity index (χ2v) is 12.1. The van der Waals surface area contributed by atoms with Gasteiger partial charge in [0.05, 0.1) is 11.9 Å². The summed E-state index contributed by atoms with van der Waals surface area (Å²) in [7, 11) is -3.81. The summed E-state index contributed by atoms with van der Waals surface area (Å²) in [6.07, 6.45) is 2.06. The number of carbonyl (C=O) groups is 2. The van der Waals surface area contributed by atoms with Crippen LogP contribution in [0, 0.1) is 6.92 Å². The molecule has 39 heavy (non-hydrogen) atoms. The van der Waals surface area contributed by atoms with Crippen molar-refractivity contribution in [3.05, 3.63) is 101 Å². The number of rotatable bonds is 12. The highest BCUT2D eigenvalue weighted by Gasteiger charge is 2.33. The Morgan fingerprint density at radius 1 is 0.949 bits per heavy atom. The van der Waals surface area contributed by atoms with E-state index in [1.165, 1.54) is 4.90 Å². The van der Waals surface area contributed by atoms with Crippen molar-refractivity contribution in [3.63, 3.8) is 0 Å². The predicted octanol–water partition coefficient (Wildman–Crippen LogP) is 4.97. The Bertz CT molecular complexity index is 1380. The molecule has 2 amide bonds. The van der Waals surface area contributed by atoms with Gasteiger partial charge in [-0.25, -0.2) is 8.42 Å². The molecule has 0 saturated carbocycles. The van der Waals surface area contributed by atoms with Gasteiger partial charge in [-0.3, -0.25) is 13.9 Å². The number of halogens is 1. The van der Waals surface area contributed by atoms with E-state index in [0.29, 0.717) is 10.7 Å². The van der Waals surface area contributed by atoms with Gasteiger partial charge in [-0.15, -0.1) is 0 Å². The molecule has 2 atom stereocenters. The summed E-state index contributed by atoms with van der Waals surface area (Å²) in [5.41, 5.74) is 2.85. The Hall–Kier alpha value is -3.36. The van der Waals surface area contributed by atoms with E-state index in [1.54, 1.807) is 36.4 Å². The van der Waals surface area contributed by atoms with Gasteiger partial charge in [-0.2, -0.15) is 0 Å². The number of aryl methyl sites for hydroxylation is 1. The average Bonchev–Trinajstić information content (AvgIpc) is 2.89. The number of carbonyl (C=O) groups excluding carboxylic acids is 2. The molecule has 0 unspecified atom stereocenters. The predicted molar refractivity (Wildman–Crippen MR) is 157 cm³/mol. The van der Waals surface area contributed by atoms with Gasteiger partial charge < -0.3 is 10.2 Å². The van der Waals surface area contributed by atoms with Crippen LogP contribution >= 0.6 is 11.6 Å². The molecular formula is C30H36ClN3O4S. The van der Waals surface area contributed by atoms with E-state index in [1.807, 2.05) is 63.2 Å². The molecule has 0 aromatic heterocycles. The fraction of sp³-hybridized carbons (Fsp3) is 0.333. The maximum absolute atomic E-state index is 14.0. The van der Waals surface area contributed by atoms with Crippen LogP contribution < -0.4 is 9.62 Å². The minimum atomic E-state index is -3.81. The number of benzene rings is 3. The van der Waals surface area contributed by atoms with Crippen LogP contribution in [0.5, 0.6) is 0 Å². The molecule has 0 aliphatic carbocycles. The molecule has 0 fully saturated rings. The molecule has 3 rings (SSSR count). The second kappa shape index (κ2) is 13.6. The van der Waals surface area contributed by atoms with Crippen molar-refractivity contribution >= 4 is 39.1 Å². The van der Waals surface area contributed by atoms with Gasteiger partial charge in [-0.1, -0.05) is 73.1 Å². The number of hydrogen-bond acceptors (Lipinski definition) is 4. The Kier molecular flexibility index (Phi) is 10.5. The third-order valence-electron chi connectivity index (χ3n) is 6.48. The lowest BCUT2D eigenvalue weighted by molar-refractivity contribution is -0.140. The monoisotopic (exact) mass is 569 g/mol. The SMILES string of the molecule is CC[C@H](C)NC(=O)[C@H](Cc1ccccc1)N(Cc1cccc(Cl)c1)C(=O)CN(c1cccc(C)c1)S(C)(=O)=O. The molecule has 0 saturated heterocycles. The van der Waals surface area contributed by atoms with Crippen LogP contribution in [-0.2, 0) is 32.6 Å². The van der Waals surface area contributed by atoms with Crippen molar-refractivity contribution in [2.45, 2.75) is 52.2 Å². The third-order valence-corrected chi connectivity index (χ3v) is 7.86. The van der Waals surface area contributed by atoms with Gasteiger partial charge in [0, 0.05) is 24.0 Å². The Morgan fingerprint density at radius 3 is 2.23 bits per heavy atom. The highest BCUT2D eigenvalue weighted by atomic mass is 35.5. The number of hydrogen-bond donors (Lipinski definition) is 1. The minimum absolute atomic E-state index is 0.0796. The first-order valence-electron chi connectivity index (χ1n) is 12.9. The number of amides is 2. The van der Waals surface area contributed by atoms with Gasteiger partial charge in [0.15, 0.2) is 0 Å². The molecule has 7 nitrogen and oxygen atoms in total. The highest BCUT2D eigenvalue weighted by molar-refractivity contribution is 7.92. The van der Waals surface area contributed by atoms with Crippen molar-refractivity contribution in [3.8, 4) is 0 Å². The molecule has 208 valence electrons. The van der Waals surface area contributed by atoms with Crippen LogP contribution in [-0.4, -0.2) is 50.0 Å². The van der Waals surface area contributed by atoms with Crippen LogP contribution in [0.1, 0.15) is 37.0 Å². The first-order valence-corrected chi connectivity index (χ1v) is 15.1. The van der Waals surface area contributed by atoms with Crippen molar-refractivity contribution in [2.75, 3.05) is 17.1 Å². The van der Waals surface area contributed by atoms with Gasteiger partial charge in [0.1, 0.15) is 12.6 Å². The zero-order chi connectivity index (χ0) is 28.6. The van der Waals surface area contributed by atoms with Crippen LogP contribution in [0.3, 0.4) is 0 Å². The zero-order valence-corrected chi connectivity index (χ0v) is 24.4. The van der Waals surface area contributed by atoms with Crippen LogP contribution in [0.25, 0.3) is 0 Å². The van der Waals surface area contributed by atoms with E-state index < -0.39 is 28.5 Å². The number of anilines is 1. The molecule has 0 heterocycles. The third kappa shape index (κ3) is 8.83. The molecule has 0 aliphatic heterocycles. The van der Waals surface area contributed by atoms with Gasteiger partial charge in [0.2, 0.25) is 21.8 Å². The normalized spacial score (nSPS) is 12.8. The average molecular weight is 570 g/mol. The summed E-state index contributed by atoms with van der Waals surface area (Å²) in [5.74, 6) is -0.799. The minimum Gasteiger partial charge on any atom is -0.352 e. The van der Waals surface area contributed by atoms with Crippen molar-refractivity contribution in [1.29, 1.82) is 0 Å². The summed E-state index contributed by atoms with van der Waals surface area (Å²) in [5, 5.41) is 3.52. The molecule has 9 heteroatoms. The molecule has 1 N–H and O–H groups in total. The van der Waals surface area contributed by atoms with Crippen LogP contribution in [0.15, 0.2) is 78.9 Å². The van der Waals surface area contributed by atoms with Gasteiger partial charge in [-0.05, 0) is 61.2 Å². The molecule has 3 aromatic carbocycles. The molecule has 0 radical (unpaired) electrons. The van der Waals surface area contributed by atoms with E-state index in [9.17, 15) is 18.0 Å². The fourth-order valence-corrected chi connectivity index (χ4v) is 5.28. The van der Waals surface area contributed by atoms with Gasteiger partial charge in [0.25, 0.3) is 0 Å².